The summed E-state index contributed by atoms with van der Waals surface area (Å²) in [6.07, 6.45) is -1.10. The highest BCUT2D eigenvalue weighted by Crippen LogP contribution is 2.32. The Kier molecular flexibility index (Phi) is 6.36. The normalized spacial score (nSPS) is 19.2. The van der Waals surface area contributed by atoms with Gasteiger partial charge in [-0.25, -0.2) is 0 Å². The number of piperidine rings is 1. The lowest BCUT2D eigenvalue weighted by molar-refractivity contribution is -0.137. The highest BCUT2D eigenvalue weighted by Gasteiger charge is 2.33. The number of alkyl halides is 3. The van der Waals surface area contributed by atoms with Gasteiger partial charge in [0.1, 0.15) is 5.69 Å². The molecule has 35 heavy (non-hydrogen) atoms. The minimum absolute atomic E-state index is 0.0959. The SMILES string of the molecule is O=C(C1CCCN(c2ccc(-c3ccco3)nn2)C1)N1CCN(c2cccc(C(F)(F)F)c2)CC1. The van der Waals surface area contributed by atoms with Crippen molar-refractivity contribution in [1.29, 1.82) is 0 Å². The molecule has 7 nitrogen and oxygen atoms in total. The maximum atomic E-state index is 13.3. The van der Waals surface area contributed by atoms with E-state index in [1.54, 1.807) is 18.4 Å². The molecule has 0 spiro atoms. The van der Waals surface area contributed by atoms with Crippen LogP contribution in [0.25, 0.3) is 11.5 Å². The zero-order valence-electron chi connectivity index (χ0n) is 19.1. The van der Waals surface area contributed by atoms with Gasteiger partial charge in [-0.15, -0.1) is 10.2 Å². The van der Waals surface area contributed by atoms with Crippen molar-refractivity contribution >= 4 is 17.4 Å². The van der Waals surface area contributed by atoms with Crippen molar-refractivity contribution in [3.63, 3.8) is 0 Å². The van der Waals surface area contributed by atoms with Crippen LogP contribution < -0.4 is 9.80 Å². The fourth-order valence-electron chi connectivity index (χ4n) is 4.76. The minimum Gasteiger partial charge on any atom is -0.463 e. The molecule has 5 rings (SSSR count). The van der Waals surface area contributed by atoms with Crippen LogP contribution in [0.4, 0.5) is 24.7 Å². The number of benzene rings is 1. The van der Waals surface area contributed by atoms with Gasteiger partial charge in [-0.1, -0.05) is 6.07 Å². The van der Waals surface area contributed by atoms with Crippen molar-refractivity contribution in [3.05, 3.63) is 60.4 Å². The van der Waals surface area contributed by atoms with Crippen LogP contribution in [-0.2, 0) is 11.0 Å². The number of aromatic nitrogens is 2. The second-order valence-electron chi connectivity index (χ2n) is 8.90. The number of piperazine rings is 1. The summed E-state index contributed by atoms with van der Waals surface area (Å²) in [5.41, 5.74) is 0.533. The van der Waals surface area contributed by atoms with E-state index in [4.69, 9.17) is 4.42 Å². The van der Waals surface area contributed by atoms with Crippen molar-refractivity contribution < 1.29 is 22.4 Å². The van der Waals surface area contributed by atoms with Gasteiger partial charge in [0.15, 0.2) is 11.6 Å². The van der Waals surface area contributed by atoms with E-state index < -0.39 is 11.7 Å². The zero-order chi connectivity index (χ0) is 24.4. The number of nitrogens with zero attached hydrogens (tertiary/aromatic N) is 5. The molecule has 3 aromatic rings. The predicted octanol–water partition coefficient (Wildman–Crippen LogP) is 4.32. The van der Waals surface area contributed by atoms with Crippen molar-refractivity contribution in [3.8, 4) is 11.5 Å². The zero-order valence-corrected chi connectivity index (χ0v) is 19.1. The van der Waals surface area contributed by atoms with E-state index in [1.165, 1.54) is 12.1 Å². The number of halogens is 3. The lowest BCUT2D eigenvalue weighted by Gasteiger charge is -2.40. The van der Waals surface area contributed by atoms with Gasteiger partial charge in [0.05, 0.1) is 17.7 Å². The molecule has 2 saturated heterocycles. The third-order valence-electron chi connectivity index (χ3n) is 6.65. The van der Waals surface area contributed by atoms with Gasteiger partial charge in [-0.05, 0) is 55.3 Å². The number of anilines is 2. The number of carbonyl (C=O) groups is 1. The monoisotopic (exact) mass is 485 g/mol. The molecule has 0 bridgehead atoms. The Hall–Kier alpha value is -3.56. The van der Waals surface area contributed by atoms with Crippen LogP contribution in [0.3, 0.4) is 0 Å². The molecule has 1 aromatic carbocycles. The Labute approximate surface area is 201 Å². The van der Waals surface area contributed by atoms with Crippen molar-refractivity contribution in [2.45, 2.75) is 19.0 Å². The van der Waals surface area contributed by atoms with E-state index in [0.717, 1.165) is 31.3 Å². The quantitative estimate of drug-likeness (QED) is 0.549. The molecule has 4 heterocycles. The summed E-state index contributed by atoms with van der Waals surface area (Å²) >= 11 is 0. The molecule has 2 aliphatic rings. The van der Waals surface area contributed by atoms with Gasteiger partial charge in [0.2, 0.25) is 5.91 Å². The van der Waals surface area contributed by atoms with E-state index in [2.05, 4.69) is 15.1 Å². The molecule has 1 unspecified atom stereocenters. The molecule has 184 valence electrons. The minimum atomic E-state index is -4.37. The fraction of sp³-hybridized carbons (Fsp3) is 0.400. The number of rotatable bonds is 4. The first kappa shape index (κ1) is 23.2. The van der Waals surface area contributed by atoms with Gasteiger partial charge in [0, 0.05) is 45.0 Å². The molecule has 0 N–H and O–H groups in total. The average molecular weight is 486 g/mol. The van der Waals surface area contributed by atoms with E-state index in [0.29, 0.717) is 49.9 Å². The second kappa shape index (κ2) is 9.59. The maximum Gasteiger partial charge on any atom is 0.416 e. The van der Waals surface area contributed by atoms with E-state index in [9.17, 15) is 18.0 Å². The molecule has 1 amide bonds. The van der Waals surface area contributed by atoms with Crippen LogP contribution in [0, 0.1) is 5.92 Å². The number of hydrogen-bond acceptors (Lipinski definition) is 6. The molecule has 10 heteroatoms. The maximum absolute atomic E-state index is 13.3. The van der Waals surface area contributed by atoms with Crippen molar-refractivity contribution in [2.75, 3.05) is 49.1 Å². The summed E-state index contributed by atoms with van der Waals surface area (Å²) in [4.78, 5) is 19.1. The van der Waals surface area contributed by atoms with Gasteiger partial charge in [0.25, 0.3) is 0 Å². The van der Waals surface area contributed by atoms with Crippen molar-refractivity contribution in [1.82, 2.24) is 15.1 Å². The van der Waals surface area contributed by atoms with Crippen LogP contribution >= 0.6 is 0 Å². The largest absolute Gasteiger partial charge is 0.463 e. The average Bonchev–Trinajstić information content (AvgIpc) is 3.43. The first-order valence-corrected chi connectivity index (χ1v) is 11.7. The first-order valence-electron chi connectivity index (χ1n) is 11.7. The molecule has 2 aromatic heterocycles. The van der Waals surface area contributed by atoms with Crippen molar-refractivity contribution in [2.24, 2.45) is 5.92 Å². The Balaban J connectivity index is 1.18. The van der Waals surface area contributed by atoms with Crippen LogP contribution in [0.15, 0.2) is 59.2 Å². The Morgan fingerprint density at radius 2 is 1.77 bits per heavy atom. The molecule has 0 radical (unpaired) electrons. The molecular weight excluding hydrogens is 459 g/mol. The van der Waals surface area contributed by atoms with Gasteiger partial charge in [-0.3, -0.25) is 4.79 Å². The number of carbonyl (C=O) groups excluding carboxylic acids is 1. The first-order chi connectivity index (χ1) is 16.9. The van der Waals surface area contributed by atoms with E-state index in [1.807, 2.05) is 28.0 Å². The molecule has 0 aliphatic carbocycles. The second-order valence-corrected chi connectivity index (χ2v) is 8.90. The van der Waals surface area contributed by atoms with Crippen LogP contribution in [0.2, 0.25) is 0 Å². The number of hydrogen-bond donors (Lipinski definition) is 0. The summed E-state index contributed by atoms with van der Waals surface area (Å²) in [7, 11) is 0. The van der Waals surface area contributed by atoms with Gasteiger partial charge in [-0.2, -0.15) is 13.2 Å². The highest BCUT2D eigenvalue weighted by molar-refractivity contribution is 5.80. The summed E-state index contributed by atoms with van der Waals surface area (Å²) in [5, 5.41) is 8.59. The van der Waals surface area contributed by atoms with Gasteiger partial charge < -0.3 is 19.1 Å². The highest BCUT2D eigenvalue weighted by atomic mass is 19.4. The Morgan fingerprint density at radius 3 is 2.46 bits per heavy atom. The summed E-state index contributed by atoms with van der Waals surface area (Å²) in [5.74, 6) is 1.33. The van der Waals surface area contributed by atoms with Gasteiger partial charge >= 0.3 is 6.18 Å². The lowest BCUT2D eigenvalue weighted by Crippen LogP contribution is -2.52. The Morgan fingerprint density at radius 1 is 0.943 bits per heavy atom. The topological polar surface area (TPSA) is 65.7 Å². The number of furan rings is 1. The third-order valence-corrected chi connectivity index (χ3v) is 6.65. The van der Waals surface area contributed by atoms with E-state index >= 15 is 0 Å². The standard InChI is InChI=1S/C25H26F3N5O2/c26-25(27,28)19-5-1-6-20(16-19)31-11-13-32(14-12-31)24(34)18-4-2-10-33(17-18)23-9-8-21(29-30-23)22-7-3-15-35-22/h1,3,5-9,15-16,18H,2,4,10-14,17H2. The molecule has 2 fully saturated rings. The molecule has 1 atom stereocenters. The summed E-state index contributed by atoms with van der Waals surface area (Å²) in [6.45, 7) is 3.36. The van der Waals surface area contributed by atoms with Crippen LogP contribution in [0.5, 0.6) is 0 Å². The molecular formula is C25H26F3N5O2. The predicted molar refractivity (Wildman–Crippen MR) is 125 cm³/mol. The molecule has 0 saturated carbocycles. The third kappa shape index (κ3) is 5.11. The van der Waals surface area contributed by atoms with E-state index in [-0.39, 0.29) is 11.8 Å². The smallest absolute Gasteiger partial charge is 0.416 e. The molecule has 2 aliphatic heterocycles. The van der Waals surface area contributed by atoms with Crippen LogP contribution in [0.1, 0.15) is 18.4 Å². The lowest BCUT2D eigenvalue weighted by atomic mass is 9.96. The van der Waals surface area contributed by atoms with Crippen LogP contribution in [-0.4, -0.2) is 60.3 Å². The summed E-state index contributed by atoms with van der Waals surface area (Å²) < 4.78 is 44.5. The number of amides is 1. The summed E-state index contributed by atoms with van der Waals surface area (Å²) in [6, 6.07) is 12.7. The fourth-order valence-corrected chi connectivity index (χ4v) is 4.76. The Bertz CT molecular complexity index is 1140.